The molecule has 1 amide bonds. The molecule has 23 heavy (non-hydrogen) atoms. The van der Waals surface area contributed by atoms with Crippen LogP contribution in [0.4, 0.5) is 0 Å². The minimum absolute atomic E-state index is 0.0788. The van der Waals surface area contributed by atoms with E-state index in [1.807, 2.05) is 46.7 Å². The first-order chi connectivity index (χ1) is 11.3. The molecule has 0 aliphatic carbocycles. The molecule has 4 heteroatoms. The van der Waals surface area contributed by atoms with Gasteiger partial charge in [0.05, 0.1) is 5.69 Å². The van der Waals surface area contributed by atoms with Crippen molar-refractivity contribution in [3.8, 4) is 0 Å². The van der Waals surface area contributed by atoms with Crippen molar-refractivity contribution in [2.75, 3.05) is 6.54 Å². The minimum atomic E-state index is 0.0788. The number of rotatable bonds is 2. The van der Waals surface area contributed by atoms with Gasteiger partial charge in [-0.05, 0) is 36.1 Å². The van der Waals surface area contributed by atoms with E-state index >= 15 is 0 Å². The van der Waals surface area contributed by atoms with Crippen molar-refractivity contribution in [1.82, 2.24) is 14.3 Å². The summed E-state index contributed by atoms with van der Waals surface area (Å²) < 4.78 is 1.92. The Labute approximate surface area is 135 Å². The van der Waals surface area contributed by atoms with Crippen LogP contribution in [0.3, 0.4) is 0 Å². The van der Waals surface area contributed by atoms with Gasteiger partial charge in [0.1, 0.15) is 11.3 Å². The minimum Gasteiger partial charge on any atom is -0.333 e. The zero-order valence-corrected chi connectivity index (χ0v) is 13.2. The maximum atomic E-state index is 13.1. The zero-order valence-electron chi connectivity index (χ0n) is 13.2. The molecule has 0 saturated carbocycles. The monoisotopic (exact) mass is 305 g/mol. The summed E-state index contributed by atoms with van der Waals surface area (Å²) in [6.07, 6.45) is 3.60. The van der Waals surface area contributed by atoms with Gasteiger partial charge in [0, 0.05) is 19.3 Å². The van der Waals surface area contributed by atoms with Crippen LogP contribution in [0.1, 0.15) is 34.2 Å². The van der Waals surface area contributed by atoms with Crippen molar-refractivity contribution >= 4 is 11.6 Å². The van der Waals surface area contributed by atoms with Crippen molar-refractivity contribution in [2.45, 2.75) is 26.3 Å². The topological polar surface area (TPSA) is 37.6 Å². The zero-order chi connectivity index (χ0) is 15.8. The molecule has 116 valence electrons. The van der Waals surface area contributed by atoms with E-state index in [4.69, 9.17) is 0 Å². The number of imidazole rings is 1. The molecule has 2 aromatic heterocycles. The molecule has 3 heterocycles. The molecule has 0 radical (unpaired) electrons. The Morgan fingerprint density at radius 3 is 2.74 bits per heavy atom. The number of benzene rings is 1. The number of hydrogen-bond acceptors (Lipinski definition) is 2. The SMILES string of the molecule is CCc1nc2ccccn2c1C(=O)N1CCc2ccccc2C1. The lowest BCUT2D eigenvalue weighted by Gasteiger charge is -2.29. The van der Waals surface area contributed by atoms with E-state index in [2.05, 4.69) is 23.2 Å². The number of carbonyl (C=O) groups is 1. The summed E-state index contributed by atoms with van der Waals surface area (Å²) in [5, 5.41) is 0. The third kappa shape index (κ3) is 2.31. The fourth-order valence-corrected chi connectivity index (χ4v) is 3.34. The van der Waals surface area contributed by atoms with E-state index in [1.165, 1.54) is 11.1 Å². The van der Waals surface area contributed by atoms with Crippen molar-refractivity contribution in [3.63, 3.8) is 0 Å². The van der Waals surface area contributed by atoms with Gasteiger partial charge in [-0.2, -0.15) is 0 Å². The van der Waals surface area contributed by atoms with Crippen LogP contribution in [-0.2, 0) is 19.4 Å². The predicted molar refractivity (Wildman–Crippen MR) is 89.5 cm³/mol. The Bertz CT molecular complexity index is 881. The number of hydrogen-bond donors (Lipinski definition) is 0. The summed E-state index contributed by atoms with van der Waals surface area (Å²) in [6.45, 7) is 3.49. The highest BCUT2D eigenvalue weighted by Crippen LogP contribution is 2.22. The van der Waals surface area contributed by atoms with E-state index < -0.39 is 0 Å². The van der Waals surface area contributed by atoms with Gasteiger partial charge in [-0.3, -0.25) is 9.20 Å². The first kappa shape index (κ1) is 14.0. The first-order valence-corrected chi connectivity index (χ1v) is 8.10. The quantitative estimate of drug-likeness (QED) is 0.729. The summed E-state index contributed by atoms with van der Waals surface area (Å²) in [6, 6.07) is 14.2. The standard InChI is InChI=1S/C19H19N3O/c1-2-16-18(22-11-6-5-9-17(22)20-16)19(23)21-12-10-14-7-3-4-8-15(14)13-21/h3-9,11H,2,10,12-13H2,1H3. The van der Waals surface area contributed by atoms with Crippen molar-refractivity contribution in [2.24, 2.45) is 0 Å². The lowest BCUT2D eigenvalue weighted by Crippen LogP contribution is -2.37. The maximum absolute atomic E-state index is 13.1. The van der Waals surface area contributed by atoms with Gasteiger partial charge in [-0.15, -0.1) is 0 Å². The van der Waals surface area contributed by atoms with E-state index in [1.54, 1.807) is 0 Å². The highest BCUT2D eigenvalue weighted by Gasteiger charge is 2.26. The molecule has 0 unspecified atom stereocenters. The van der Waals surface area contributed by atoms with Crippen LogP contribution in [0.5, 0.6) is 0 Å². The van der Waals surface area contributed by atoms with Gasteiger partial charge < -0.3 is 4.90 Å². The van der Waals surface area contributed by atoms with Gasteiger partial charge in [0.2, 0.25) is 0 Å². The third-order valence-electron chi connectivity index (χ3n) is 4.56. The summed E-state index contributed by atoms with van der Waals surface area (Å²) in [5.74, 6) is 0.0788. The first-order valence-electron chi connectivity index (χ1n) is 8.10. The maximum Gasteiger partial charge on any atom is 0.273 e. The van der Waals surface area contributed by atoms with Gasteiger partial charge in [0.15, 0.2) is 0 Å². The van der Waals surface area contributed by atoms with E-state index in [-0.39, 0.29) is 5.91 Å². The molecule has 0 bridgehead atoms. The second-order valence-corrected chi connectivity index (χ2v) is 5.93. The molecule has 0 saturated heterocycles. The molecular formula is C19H19N3O. The Hall–Kier alpha value is -2.62. The summed E-state index contributed by atoms with van der Waals surface area (Å²) in [4.78, 5) is 19.7. The second-order valence-electron chi connectivity index (χ2n) is 5.93. The van der Waals surface area contributed by atoms with Gasteiger partial charge >= 0.3 is 0 Å². The number of nitrogens with zero attached hydrogens (tertiary/aromatic N) is 3. The lowest BCUT2D eigenvalue weighted by molar-refractivity contribution is 0.0726. The molecule has 1 aliphatic heterocycles. The number of amides is 1. The molecule has 4 rings (SSSR count). The predicted octanol–water partition coefficient (Wildman–Crippen LogP) is 3.10. The van der Waals surface area contributed by atoms with Crippen LogP contribution < -0.4 is 0 Å². The van der Waals surface area contributed by atoms with Crippen molar-refractivity contribution < 1.29 is 4.79 Å². The molecule has 1 aromatic carbocycles. The lowest BCUT2D eigenvalue weighted by atomic mass is 9.99. The normalized spacial score (nSPS) is 14.0. The highest BCUT2D eigenvalue weighted by molar-refractivity contribution is 5.95. The van der Waals surface area contributed by atoms with Crippen LogP contribution in [0.25, 0.3) is 5.65 Å². The molecule has 0 fully saturated rings. The second kappa shape index (κ2) is 5.54. The molecular weight excluding hydrogens is 286 g/mol. The molecule has 0 atom stereocenters. The Kier molecular flexibility index (Phi) is 3.37. The van der Waals surface area contributed by atoms with Crippen LogP contribution in [0, 0.1) is 0 Å². The Morgan fingerprint density at radius 2 is 1.91 bits per heavy atom. The van der Waals surface area contributed by atoms with Crippen LogP contribution in [0.2, 0.25) is 0 Å². The molecule has 3 aromatic rings. The van der Waals surface area contributed by atoms with Crippen LogP contribution >= 0.6 is 0 Å². The molecule has 0 spiro atoms. The van der Waals surface area contributed by atoms with Gasteiger partial charge in [-0.1, -0.05) is 37.3 Å². The number of fused-ring (bicyclic) bond motifs is 2. The van der Waals surface area contributed by atoms with Crippen molar-refractivity contribution in [1.29, 1.82) is 0 Å². The largest absolute Gasteiger partial charge is 0.333 e. The third-order valence-corrected chi connectivity index (χ3v) is 4.56. The highest BCUT2D eigenvalue weighted by atomic mass is 16.2. The van der Waals surface area contributed by atoms with E-state index in [0.717, 1.165) is 30.7 Å². The summed E-state index contributed by atoms with van der Waals surface area (Å²) in [5.41, 5.74) is 5.03. The Balaban J connectivity index is 1.73. The molecule has 0 N–H and O–H groups in total. The number of aryl methyl sites for hydroxylation is 1. The smallest absolute Gasteiger partial charge is 0.273 e. The van der Waals surface area contributed by atoms with E-state index in [0.29, 0.717) is 12.2 Å². The van der Waals surface area contributed by atoms with Gasteiger partial charge in [-0.25, -0.2) is 4.98 Å². The molecule has 4 nitrogen and oxygen atoms in total. The van der Waals surface area contributed by atoms with Crippen molar-refractivity contribution in [3.05, 3.63) is 71.2 Å². The average molecular weight is 305 g/mol. The van der Waals surface area contributed by atoms with Gasteiger partial charge in [0.25, 0.3) is 5.91 Å². The van der Waals surface area contributed by atoms with Crippen LogP contribution in [0.15, 0.2) is 48.7 Å². The number of aromatic nitrogens is 2. The Morgan fingerprint density at radius 1 is 1.13 bits per heavy atom. The van der Waals surface area contributed by atoms with E-state index in [9.17, 15) is 4.79 Å². The average Bonchev–Trinajstić information content (AvgIpc) is 2.99. The number of carbonyl (C=O) groups excluding carboxylic acids is 1. The summed E-state index contributed by atoms with van der Waals surface area (Å²) in [7, 11) is 0. The fourth-order valence-electron chi connectivity index (χ4n) is 3.34. The summed E-state index contributed by atoms with van der Waals surface area (Å²) >= 11 is 0. The fraction of sp³-hybridized carbons (Fsp3) is 0.263. The van der Waals surface area contributed by atoms with Crippen LogP contribution in [-0.4, -0.2) is 26.7 Å². The number of pyridine rings is 1. The molecule has 1 aliphatic rings.